The second-order valence-corrected chi connectivity index (χ2v) is 7.38. The molecule has 1 aromatic heterocycles. The molecule has 0 aliphatic rings. The second-order valence-electron chi connectivity index (χ2n) is 5.58. The molecular weight excluding hydrogens is 322 g/mol. The Morgan fingerprint density at radius 1 is 1.32 bits per heavy atom. The summed E-state index contributed by atoms with van der Waals surface area (Å²) in [6.45, 7) is 8.39. The van der Waals surface area contributed by atoms with Crippen LogP contribution in [0.3, 0.4) is 0 Å². The Labute approximate surface area is 129 Å². The minimum atomic E-state index is 0.316. The first kappa shape index (κ1) is 17.1. The minimum absolute atomic E-state index is 0.316. The van der Waals surface area contributed by atoms with Gasteiger partial charge in [-0.05, 0) is 47.4 Å². The average Bonchev–Trinajstić information content (AvgIpc) is 2.73. The molecule has 0 radical (unpaired) electrons. The van der Waals surface area contributed by atoms with Crippen LogP contribution in [0.5, 0.6) is 0 Å². The van der Waals surface area contributed by atoms with Crippen molar-refractivity contribution >= 4 is 27.3 Å². The lowest BCUT2D eigenvalue weighted by atomic mass is 10.1. The van der Waals surface area contributed by atoms with E-state index in [0.29, 0.717) is 18.5 Å². The lowest BCUT2D eigenvalue weighted by molar-refractivity contribution is 0.165. The van der Waals surface area contributed by atoms with Gasteiger partial charge in [0.15, 0.2) is 0 Å². The third-order valence-corrected chi connectivity index (χ3v) is 5.02. The summed E-state index contributed by atoms with van der Waals surface area (Å²) in [5, 5.41) is 2.13. The molecule has 5 heteroatoms. The van der Waals surface area contributed by atoms with Gasteiger partial charge in [-0.25, -0.2) is 0 Å². The number of halogens is 1. The van der Waals surface area contributed by atoms with Gasteiger partial charge in [-0.1, -0.05) is 13.8 Å². The van der Waals surface area contributed by atoms with Crippen molar-refractivity contribution in [3.63, 3.8) is 0 Å². The lowest BCUT2D eigenvalue weighted by Gasteiger charge is -2.33. The molecule has 0 aliphatic carbocycles. The molecule has 1 rings (SSSR count). The van der Waals surface area contributed by atoms with Gasteiger partial charge < -0.3 is 10.6 Å². The number of hydrogen-bond donors (Lipinski definition) is 1. The summed E-state index contributed by atoms with van der Waals surface area (Å²) in [7, 11) is 4.23. The maximum Gasteiger partial charge on any atom is 0.0576 e. The smallest absolute Gasteiger partial charge is 0.0576 e. The van der Waals surface area contributed by atoms with Gasteiger partial charge in [0.05, 0.1) is 6.04 Å². The summed E-state index contributed by atoms with van der Waals surface area (Å²) in [6, 6.07) is 2.43. The maximum absolute atomic E-state index is 6.05. The fourth-order valence-corrected chi connectivity index (χ4v) is 3.92. The zero-order valence-corrected chi connectivity index (χ0v) is 14.8. The minimum Gasteiger partial charge on any atom is -0.329 e. The van der Waals surface area contributed by atoms with E-state index in [1.165, 1.54) is 9.35 Å². The molecule has 1 aromatic rings. The summed E-state index contributed by atoms with van der Waals surface area (Å²) in [6.07, 6.45) is 0. The SMILES string of the molecule is CC(C)CN(CCN(C)C)C(CN)c1sccc1Br. The van der Waals surface area contributed by atoms with Gasteiger partial charge in [0.1, 0.15) is 0 Å². The van der Waals surface area contributed by atoms with Crippen molar-refractivity contribution in [1.29, 1.82) is 0 Å². The number of thiophene rings is 1. The molecule has 110 valence electrons. The Kier molecular flexibility index (Phi) is 7.54. The largest absolute Gasteiger partial charge is 0.329 e. The van der Waals surface area contributed by atoms with Gasteiger partial charge in [0, 0.05) is 35.5 Å². The van der Waals surface area contributed by atoms with Crippen molar-refractivity contribution in [3.8, 4) is 0 Å². The van der Waals surface area contributed by atoms with Crippen LogP contribution in [0.2, 0.25) is 0 Å². The number of nitrogens with zero attached hydrogens (tertiary/aromatic N) is 2. The average molecular weight is 348 g/mol. The van der Waals surface area contributed by atoms with Gasteiger partial charge in [0.25, 0.3) is 0 Å². The monoisotopic (exact) mass is 347 g/mol. The quantitative estimate of drug-likeness (QED) is 0.784. The van der Waals surface area contributed by atoms with Gasteiger partial charge >= 0.3 is 0 Å². The Morgan fingerprint density at radius 3 is 2.42 bits per heavy atom. The number of hydrogen-bond acceptors (Lipinski definition) is 4. The highest BCUT2D eigenvalue weighted by Gasteiger charge is 2.22. The summed E-state index contributed by atoms with van der Waals surface area (Å²) < 4.78 is 1.19. The summed E-state index contributed by atoms with van der Waals surface area (Å²) in [5.41, 5.74) is 6.05. The van der Waals surface area contributed by atoms with E-state index in [1.54, 1.807) is 11.3 Å². The molecule has 1 heterocycles. The maximum atomic E-state index is 6.05. The molecule has 0 spiro atoms. The van der Waals surface area contributed by atoms with Crippen LogP contribution in [0.1, 0.15) is 24.8 Å². The van der Waals surface area contributed by atoms with Crippen molar-refractivity contribution in [1.82, 2.24) is 9.80 Å². The third-order valence-electron chi connectivity index (χ3n) is 3.05. The molecule has 0 aromatic carbocycles. The van der Waals surface area contributed by atoms with Crippen LogP contribution in [-0.2, 0) is 0 Å². The predicted molar refractivity (Wildman–Crippen MR) is 88.8 cm³/mol. The van der Waals surface area contributed by atoms with E-state index in [4.69, 9.17) is 5.73 Å². The van der Waals surface area contributed by atoms with E-state index in [0.717, 1.165) is 19.6 Å². The molecule has 3 nitrogen and oxygen atoms in total. The molecule has 19 heavy (non-hydrogen) atoms. The fourth-order valence-electron chi connectivity index (χ4n) is 2.14. The van der Waals surface area contributed by atoms with Crippen molar-refractivity contribution in [2.75, 3.05) is 40.3 Å². The highest BCUT2D eigenvalue weighted by molar-refractivity contribution is 9.10. The first-order valence-electron chi connectivity index (χ1n) is 6.77. The second kappa shape index (κ2) is 8.37. The van der Waals surface area contributed by atoms with Crippen LogP contribution >= 0.6 is 27.3 Å². The summed E-state index contributed by atoms with van der Waals surface area (Å²) >= 11 is 5.43. The van der Waals surface area contributed by atoms with Crippen molar-refractivity contribution in [3.05, 3.63) is 20.8 Å². The highest BCUT2D eigenvalue weighted by atomic mass is 79.9. The molecule has 1 atom stereocenters. The van der Waals surface area contributed by atoms with E-state index in [2.05, 4.69) is 65.1 Å². The topological polar surface area (TPSA) is 32.5 Å². The number of likely N-dealkylation sites (N-methyl/N-ethyl adjacent to an activating group) is 1. The van der Waals surface area contributed by atoms with Crippen LogP contribution in [0.4, 0.5) is 0 Å². The Hall–Kier alpha value is 0.0600. The van der Waals surface area contributed by atoms with E-state index >= 15 is 0 Å². The zero-order chi connectivity index (χ0) is 14.4. The van der Waals surface area contributed by atoms with Crippen molar-refractivity contribution in [2.45, 2.75) is 19.9 Å². The first-order chi connectivity index (χ1) is 8.95. The van der Waals surface area contributed by atoms with Gasteiger partial charge in [-0.3, -0.25) is 4.90 Å². The summed E-state index contributed by atoms with van der Waals surface area (Å²) in [4.78, 5) is 6.09. The molecule has 2 N–H and O–H groups in total. The number of rotatable bonds is 8. The normalized spacial score (nSPS) is 13.7. The van der Waals surface area contributed by atoms with Crippen LogP contribution in [-0.4, -0.2) is 50.1 Å². The molecule has 0 bridgehead atoms. The molecule has 0 aliphatic heterocycles. The van der Waals surface area contributed by atoms with E-state index in [-0.39, 0.29) is 0 Å². The van der Waals surface area contributed by atoms with E-state index in [9.17, 15) is 0 Å². The van der Waals surface area contributed by atoms with Gasteiger partial charge in [-0.15, -0.1) is 11.3 Å². The molecule has 1 unspecified atom stereocenters. The Morgan fingerprint density at radius 2 is 2.00 bits per heavy atom. The van der Waals surface area contributed by atoms with Crippen LogP contribution in [0.25, 0.3) is 0 Å². The predicted octanol–water partition coefficient (Wildman–Crippen LogP) is 3.03. The highest BCUT2D eigenvalue weighted by Crippen LogP contribution is 2.32. The van der Waals surface area contributed by atoms with E-state index in [1.807, 2.05) is 0 Å². The van der Waals surface area contributed by atoms with Crippen LogP contribution in [0, 0.1) is 5.92 Å². The molecule has 0 saturated carbocycles. The third kappa shape index (κ3) is 5.52. The van der Waals surface area contributed by atoms with Gasteiger partial charge in [0.2, 0.25) is 0 Å². The molecule has 0 amide bonds. The van der Waals surface area contributed by atoms with Crippen LogP contribution < -0.4 is 5.73 Å². The Bertz CT molecular complexity index is 365. The first-order valence-corrected chi connectivity index (χ1v) is 8.44. The summed E-state index contributed by atoms with van der Waals surface area (Å²) in [5.74, 6) is 0.648. The van der Waals surface area contributed by atoms with E-state index < -0.39 is 0 Å². The zero-order valence-electron chi connectivity index (χ0n) is 12.4. The standard InChI is InChI=1S/C14H26BrN3S/c1-11(2)10-18(7-6-17(3)4)13(9-16)14-12(15)5-8-19-14/h5,8,11,13H,6-7,9-10,16H2,1-4H3. The van der Waals surface area contributed by atoms with Crippen LogP contribution in [0.15, 0.2) is 15.9 Å². The molecular formula is C14H26BrN3S. The molecule has 0 saturated heterocycles. The fraction of sp³-hybridized carbons (Fsp3) is 0.714. The van der Waals surface area contributed by atoms with Crippen molar-refractivity contribution in [2.24, 2.45) is 11.7 Å². The molecule has 0 fully saturated rings. The van der Waals surface area contributed by atoms with Gasteiger partial charge in [-0.2, -0.15) is 0 Å². The van der Waals surface area contributed by atoms with Crippen molar-refractivity contribution < 1.29 is 0 Å². The number of nitrogens with two attached hydrogens (primary N) is 1. The lowest BCUT2D eigenvalue weighted by Crippen LogP contribution is -2.40. The Balaban J connectivity index is 2.83.